The number of carbonyl (C=O) groups excluding carboxylic acids is 2. The van der Waals surface area contributed by atoms with Crippen LogP contribution < -0.4 is 0 Å². The molecule has 2 aromatic rings. The number of aliphatic hydroxyl groups is 5. The minimum atomic E-state index is -2.07. The van der Waals surface area contributed by atoms with Gasteiger partial charge in [0.05, 0.1) is 45.6 Å². The van der Waals surface area contributed by atoms with Crippen LogP contribution in [-0.4, -0.2) is 94.2 Å². The molecule has 1 saturated heterocycles. The number of aromatic hydroxyl groups is 2. The zero-order chi connectivity index (χ0) is 27.7. The summed E-state index contributed by atoms with van der Waals surface area (Å²) in [6.07, 6.45) is -8.34. The van der Waals surface area contributed by atoms with Gasteiger partial charge in [-0.1, -0.05) is 46.9 Å². The van der Waals surface area contributed by atoms with Crippen LogP contribution in [0, 0.1) is 0 Å². The molecule has 2 aliphatic carbocycles. The number of halogens is 1. The molecule has 1 aliphatic heterocycles. The topological polar surface area (TPSA) is 194 Å². The Kier molecular flexibility index (Phi) is 7.05. The van der Waals surface area contributed by atoms with Crippen LogP contribution in [0.2, 0.25) is 0 Å². The molecular formula is C26H27IO11. The Morgan fingerprint density at radius 2 is 1.66 bits per heavy atom. The second-order valence-electron chi connectivity index (χ2n) is 9.99. The summed E-state index contributed by atoms with van der Waals surface area (Å²) in [7, 11) is 0. The molecule has 1 heterocycles. The van der Waals surface area contributed by atoms with E-state index in [2.05, 4.69) is 0 Å². The molecule has 3 unspecified atom stereocenters. The molecule has 0 saturated carbocycles. The Balaban J connectivity index is 1.67. The molecule has 8 atom stereocenters. The van der Waals surface area contributed by atoms with Crippen molar-refractivity contribution in [1.29, 1.82) is 0 Å². The van der Waals surface area contributed by atoms with Crippen molar-refractivity contribution < 1.29 is 54.8 Å². The maximum atomic E-state index is 13.4. The average molecular weight is 642 g/mol. The van der Waals surface area contributed by atoms with Crippen molar-refractivity contribution >= 4 is 34.2 Å². The van der Waals surface area contributed by atoms with Crippen molar-refractivity contribution in [1.82, 2.24) is 0 Å². The van der Waals surface area contributed by atoms with Gasteiger partial charge in [0, 0.05) is 35.1 Å². The Bertz CT molecular complexity index is 1310. The largest absolute Gasteiger partial charge is 0.507 e. The quantitative estimate of drug-likeness (QED) is 0.117. The number of ketones is 2. The van der Waals surface area contributed by atoms with Gasteiger partial charge < -0.3 is 45.2 Å². The SMILES string of the molecule is CC1O[C@@H](O[C@H]2C[C@](O)(C(O)CO)Cc3c(O)c4c(c(O)c32)C(=O)c2ccccc2C4=O)C(I)[C@@H](O)[C@H]1O. The summed E-state index contributed by atoms with van der Waals surface area (Å²) in [5, 5.41) is 74.7. The first-order valence-corrected chi connectivity index (χ1v) is 13.3. The lowest BCUT2D eigenvalue weighted by atomic mass is 9.71. The van der Waals surface area contributed by atoms with Gasteiger partial charge in [-0.05, 0) is 6.92 Å². The number of ether oxygens (including phenoxy) is 2. The highest BCUT2D eigenvalue weighted by Gasteiger charge is 2.51. The third-order valence-corrected chi connectivity index (χ3v) is 8.99. The second-order valence-corrected chi connectivity index (χ2v) is 11.4. The molecule has 11 nitrogen and oxygen atoms in total. The summed E-state index contributed by atoms with van der Waals surface area (Å²) >= 11 is 1.83. The highest BCUT2D eigenvalue weighted by molar-refractivity contribution is 14.1. The van der Waals surface area contributed by atoms with Crippen LogP contribution in [0.4, 0.5) is 0 Å². The predicted octanol–water partition coefficient (Wildman–Crippen LogP) is 0.232. The van der Waals surface area contributed by atoms with E-state index in [1.807, 2.05) is 22.6 Å². The van der Waals surface area contributed by atoms with Crippen molar-refractivity contribution in [2.75, 3.05) is 6.61 Å². The van der Waals surface area contributed by atoms with E-state index in [-0.39, 0.29) is 22.3 Å². The fraction of sp³-hybridized carbons (Fsp3) is 0.462. The Morgan fingerprint density at radius 3 is 2.24 bits per heavy atom. The lowest BCUT2D eigenvalue weighted by molar-refractivity contribution is -0.262. The number of fused-ring (bicyclic) bond motifs is 3. The highest BCUT2D eigenvalue weighted by atomic mass is 127. The molecule has 204 valence electrons. The van der Waals surface area contributed by atoms with Crippen molar-refractivity contribution in [3.05, 3.63) is 57.6 Å². The minimum Gasteiger partial charge on any atom is -0.507 e. The number of rotatable bonds is 4. The fourth-order valence-corrected chi connectivity index (χ4v) is 6.28. The van der Waals surface area contributed by atoms with Crippen LogP contribution in [0.3, 0.4) is 0 Å². The van der Waals surface area contributed by atoms with Crippen molar-refractivity contribution in [2.45, 2.75) is 66.1 Å². The smallest absolute Gasteiger partial charge is 0.198 e. The molecule has 0 spiro atoms. The number of hydrogen-bond donors (Lipinski definition) is 7. The van der Waals surface area contributed by atoms with E-state index in [9.17, 15) is 45.3 Å². The van der Waals surface area contributed by atoms with E-state index in [4.69, 9.17) is 9.47 Å². The van der Waals surface area contributed by atoms with Crippen molar-refractivity contribution in [2.24, 2.45) is 0 Å². The first kappa shape index (κ1) is 27.4. The summed E-state index contributed by atoms with van der Waals surface area (Å²) in [5.74, 6) is -2.67. The van der Waals surface area contributed by atoms with E-state index >= 15 is 0 Å². The molecule has 38 heavy (non-hydrogen) atoms. The first-order chi connectivity index (χ1) is 17.9. The van der Waals surface area contributed by atoms with Gasteiger partial charge in [-0.15, -0.1) is 0 Å². The second kappa shape index (κ2) is 9.78. The molecule has 2 aromatic carbocycles. The van der Waals surface area contributed by atoms with E-state index in [0.717, 1.165) is 0 Å². The van der Waals surface area contributed by atoms with Crippen LogP contribution in [0.1, 0.15) is 62.4 Å². The zero-order valence-electron chi connectivity index (χ0n) is 20.1. The lowest BCUT2D eigenvalue weighted by Crippen LogP contribution is -2.56. The number of hydrogen-bond acceptors (Lipinski definition) is 11. The Hall–Kier alpha value is -2.17. The van der Waals surface area contributed by atoms with Crippen molar-refractivity contribution in [3.8, 4) is 11.5 Å². The highest BCUT2D eigenvalue weighted by Crippen LogP contribution is 2.52. The van der Waals surface area contributed by atoms with Gasteiger partial charge >= 0.3 is 0 Å². The molecule has 1 fully saturated rings. The summed E-state index contributed by atoms with van der Waals surface area (Å²) in [6, 6.07) is 5.98. The summed E-state index contributed by atoms with van der Waals surface area (Å²) in [5.41, 5.74) is -3.04. The molecule has 7 N–H and O–H groups in total. The van der Waals surface area contributed by atoms with E-state index < -0.39 is 100.0 Å². The number of phenolic OH excluding ortho intramolecular Hbond substituents is 2. The van der Waals surface area contributed by atoms with Gasteiger partial charge in [-0.2, -0.15) is 0 Å². The predicted molar refractivity (Wildman–Crippen MR) is 137 cm³/mol. The van der Waals surface area contributed by atoms with E-state index in [1.165, 1.54) is 19.1 Å². The number of alkyl halides is 1. The average Bonchev–Trinajstić information content (AvgIpc) is 2.90. The third-order valence-electron chi connectivity index (χ3n) is 7.66. The maximum absolute atomic E-state index is 13.4. The van der Waals surface area contributed by atoms with Gasteiger partial charge in [0.2, 0.25) is 0 Å². The standard InChI is InChI=1S/C26H27IO11/c1-9-19(30)24(35)18(27)25(37-9)38-13-7-26(36,14(29)8-28)6-12-15(13)23(34)17-16(22(12)33)20(31)10-4-2-3-5-11(10)21(17)32/h2-5,9,13-14,18-19,24-25,28-30,33-36H,6-8H2,1H3/t9?,13-,14?,18?,19-,24+,25-,26-/m0/s1. The van der Waals surface area contributed by atoms with E-state index in [0.29, 0.717) is 0 Å². The monoisotopic (exact) mass is 642 g/mol. The number of aliphatic hydroxyl groups excluding tert-OH is 4. The maximum Gasteiger partial charge on any atom is 0.198 e. The van der Waals surface area contributed by atoms with Crippen LogP contribution in [0.15, 0.2) is 24.3 Å². The van der Waals surface area contributed by atoms with E-state index in [1.54, 1.807) is 12.1 Å². The molecule has 0 radical (unpaired) electrons. The molecule has 0 aromatic heterocycles. The lowest BCUT2D eigenvalue weighted by Gasteiger charge is -2.45. The zero-order valence-corrected chi connectivity index (χ0v) is 22.3. The Labute approximate surface area is 230 Å². The molecule has 0 bridgehead atoms. The third kappa shape index (κ3) is 4.05. The van der Waals surface area contributed by atoms with Crippen LogP contribution in [0.5, 0.6) is 11.5 Å². The van der Waals surface area contributed by atoms with Gasteiger partial charge in [-0.25, -0.2) is 0 Å². The van der Waals surface area contributed by atoms with Crippen molar-refractivity contribution in [3.63, 3.8) is 0 Å². The summed E-state index contributed by atoms with van der Waals surface area (Å²) in [6.45, 7) is 0.687. The molecule has 3 aliphatic rings. The van der Waals surface area contributed by atoms with Crippen LogP contribution in [0.25, 0.3) is 0 Å². The number of benzene rings is 2. The van der Waals surface area contributed by atoms with Crippen LogP contribution in [-0.2, 0) is 15.9 Å². The van der Waals surface area contributed by atoms with Gasteiger partial charge in [0.1, 0.15) is 23.7 Å². The summed E-state index contributed by atoms with van der Waals surface area (Å²) < 4.78 is 11.0. The van der Waals surface area contributed by atoms with Gasteiger partial charge in [-0.3, -0.25) is 9.59 Å². The number of phenols is 2. The molecule has 5 rings (SSSR count). The first-order valence-electron chi connectivity index (χ1n) is 12.0. The molecule has 0 amide bonds. The van der Waals surface area contributed by atoms with Crippen LogP contribution >= 0.6 is 22.6 Å². The minimum absolute atomic E-state index is 0.0406. The number of carbonyl (C=O) groups is 2. The Morgan fingerprint density at radius 1 is 1.08 bits per heavy atom. The summed E-state index contributed by atoms with van der Waals surface area (Å²) in [4.78, 5) is 26.7. The van der Waals surface area contributed by atoms with Gasteiger partial charge in [0.25, 0.3) is 0 Å². The normalized spacial score (nSPS) is 33.3. The molecule has 12 heteroatoms. The fourth-order valence-electron chi connectivity index (χ4n) is 5.51. The molecular weight excluding hydrogens is 615 g/mol. The van der Waals surface area contributed by atoms with Gasteiger partial charge in [0.15, 0.2) is 17.9 Å².